The molecule has 32 heavy (non-hydrogen) atoms. The van der Waals surface area contributed by atoms with Crippen LogP contribution in [0.4, 0.5) is 0 Å². The Labute approximate surface area is 190 Å². The van der Waals surface area contributed by atoms with Gasteiger partial charge in [0.1, 0.15) is 18.1 Å². The summed E-state index contributed by atoms with van der Waals surface area (Å²) in [5.74, 6) is 0.581. The number of carbonyl (C=O) groups excluding carboxylic acids is 1. The maximum absolute atomic E-state index is 13.1. The van der Waals surface area contributed by atoms with Crippen molar-refractivity contribution < 1.29 is 13.2 Å². The molecule has 0 saturated carbocycles. The molecular weight excluding hydrogens is 444 g/mol. The number of sulfone groups is 1. The molecule has 1 saturated heterocycles. The van der Waals surface area contributed by atoms with Crippen molar-refractivity contribution in [3.8, 4) is 0 Å². The lowest BCUT2D eigenvalue weighted by atomic mass is 9.97. The largest absolute Gasteiger partial charge is 0.341 e. The summed E-state index contributed by atoms with van der Waals surface area (Å²) in [6, 6.07) is 15.6. The number of piperidine rings is 1. The predicted octanol–water partition coefficient (Wildman–Crippen LogP) is 3.60. The average Bonchev–Trinajstić information content (AvgIpc) is 3.34. The third kappa shape index (κ3) is 4.27. The Balaban J connectivity index is 1.31. The second-order valence-corrected chi connectivity index (χ2v) is 11.6. The molecule has 0 unspecified atom stereocenters. The second kappa shape index (κ2) is 8.29. The van der Waals surface area contributed by atoms with Crippen LogP contribution in [0.15, 0.2) is 48.5 Å². The molecule has 0 spiro atoms. The number of rotatable bonds is 5. The van der Waals surface area contributed by atoms with Crippen molar-refractivity contribution in [2.75, 3.05) is 19.3 Å². The third-order valence-corrected chi connectivity index (χ3v) is 7.91. The molecule has 0 bridgehead atoms. The molecule has 2 aromatic heterocycles. The molecule has 0 N–H and O–H groups in total. The van der Waals surface area contributed by atoms with Crippen LogP contribution in [-0.4, -0.2) is 53.1 Å². The molecule has 0 aliphatic carbocycles. The van der Waals surface area contributed by atoms with Gasteiger partial charge in [-0.3, -0.25) is 4.79 Å². The SMILES string of the molecule is CS(=O)(=O)Cc1nc2ccccc2n1CC(=O)N1CCC(c2nc3ccccc3s2)CC1. The van der Waals surface area contributed by atoms with E-state index in [1.807, 2.05) is 47.4 Å². The first-order chi connectivity index (χ1) is 15.4. The topological polar surface area (TPSA) is 85.2 Å². The minimum atomic E-state index is -3.27. The quantitative estimate of drug-likeness (QED) is 0.447. The zero-order chi connectivity index (χ0) is 22.3. The third-order valence-electron chi connectivity index (χ3n) is 5.93. The number of nitrogens with zero attached hydrogens (tertiary/aromatic N) is 4. The number of aromatic nitrogens is 3. The van der Waals surface area contributed by atoms with Crippen molar-refractivity contribution in [3.05, 3.63) is 59.4 Å². The van der Waals surface area contributed by atoms with Crippen LogP contribution < -0.4 is 0 Å². The summed E-state index contributed by atoms with van der Waals surface area (Å²) >= 11 is 1.74. The smallest absolute Gasteiger partial charge is 0.242 e. The molecule has 1 fully saturated rings. The molecule has 2 aromatic carbocycles. The molecule has 1 aliphatic heterocycles. The van der Waals surface area contributed by atoms with Crippen LogP contribution >= 0.6 is 11.3 Å². The minimum absolute atomic E-state index is 0.00865. The highest BCUT2D eigenvalue weighted by atomic mass is 32.2. The van der Waals surface area contributed by atoms with Crippen molar-refractivity contribution in [3.63, 3.8) is 0 Å². The molecule has 1 aliphatic rings. The van der Waals surface area contributed by atoms with Crippen molar-refractivity contribution in [2.24, 2.45) is 0 Å². The monoisotopic (exact) mass is 468 g/mol. The van der Waals surface area contributed by atoms with Gasteiger partial charge in [0.15, 0.2) is 9.84 Å². The minimum Gasteiger partial charge on any atom is -0.341 e. The highest BCUT2D eigenvalue weighted by molar-refractivity contribution is 7.89. The zero-order valence-electron chi connectivity index (χ0n) is 17.8. The Bertz CT molecular complexity index is 1370. The van der Waals surface area contributed by atoms with Gasteiger partial charge in [0.25, 0.3) is 0 Å². The predicted molar refractivity (Wildman–Crippen MR) is 126 cm³/mol. The lowest BCUT2D eigenvalue weighted by Crippen LogP contribution is -2.40. The summed E-state index contributed by atoms with van der Waals surface area (Å²) in [6.45, 7) is 1.44. The zero-order valence-corrected chi connectivity index (χ0v) is 19.4. The maximum atomic E-state index is 13.1. The molecule has 0 atom stereocenters. The summed E-state index contributed by atoms with van der Waals surface area (Å²) in [7, 11) is -3.27. The van der Waals surface area contributed by atoms with E-state index >= 15 is 0 Å². The van der Waals surface area contributed by atoms with E-state index in [2.05, 4.69) is 11.1 Å². The van der Waals surface area contributed by atoms with Crippen molar-refractivity contribution in [2.45, 2.75) is 31.1 Å². The number of carbonyl (C=O) groups is 1. The second-order valence-electron chi connectivity index (χ2n) is 8.35. The van der Waals surface area contributed by atoms with Gasteiger partial charge in [-0.05, 0) is 37.1 Å². The highest BCUT2D eigenvalue weighted by Crippen LogP contribution is 2.34. The van der Waals surface area contributed by atoms with E-state index in [0.29, 0.717) is 30.3 Å². The normalized spacial score (nSPS) is 15.6. The number of hydrogen-bond acceptors (Lipinski definition) is 6. The summed E-state index contributed by atoms with van der Waals surface area (Å²) in [5.41, 5.74) is 2.52. The summed E-state index contributed by atoms with van der Waals surface area (Å²) < 4.78 is 26.7. The van der Waals surface area contributed by atoms with Gasteiger partial charge in [-0.15, -0.1) is 11.3 Å². The van der Waals surface area contributed by atoms with E-state index in [1.165, 1.54) is 11.0 Å². The van der Waals surface area contributed by atoms with Crippen molar-refractivity contribution >= 4 is 48.3 Å². The van der Waals surface area contributed by atoms with E-state index in [1.54, 1.807) is 15.9 Å². The van der Waals surface area contributed by atoms with Gasteiger partial charge in [0, 0.05) is 25.3 Å². The number of hydrogen-bond donors (Lipinski definition) is 0. The van der Waals surface area contributed by atoms with Gasteiger partial charge in [0.05, 0.1) is 26.3 Å². The number of fused-ring (bicyclic) bond motifs is 2. The molecule has 7 nitrogen and oxygen atoms in total. The molecule has 4 aromatic rings. The van der Waals surface area contributed by atoms with Gasteiger partial charge in [-0.2, -0.15) is 0 Å². The molecule has 0 radical (unpaired) electrons. The fraction of sp³-hybridized carbons (Fsp3) is 0.348. The lowest BCUT2D eigenvalue weighted by Gasteiger charge is -2.31. The first kappa shape index (κ1) is 21.1. The summed E-state index contributed by atoms with van der Waals surface area (Å²) in [6.07, 6.45) is 2.95. The van der Waals surface area contributed by atoms with Crippen LogP contribution in [0.25, 0.3) is 21.3 Å². The first-order valence-electron chi connectivity index (χ1n) is 10.6. The number of imidazole rings is 1. The van der Waals surface area contributed by atoms with E-state index in [0.717, 1.165) is 28.9 Å². The van der Waals surface area contributed by atoms with Gasteiger partial charge in [0.2, 0.25) is 5.91 Å². The van der Waals surface area contributed by atoms with Crippen LogP contribution in [0.2, 0.25) is 0 Å². The number of amides is 1. The standard InChI is InChI=1S/C23H24N4O3S2/c1-32(29,30)15-21-24-17-6-2-4-8-19(17)27(21)14-22(28)26-12-10-16(11-13-26)23-25-18-7-3-5-9-20(18)31-23/h2-9,16H,10-15H2,1H3. The van der Waals surface area contributed by atoms with E-state index < -0.39 is 9.84 Å². The van der Waals surface area contributed by atoms with Crippen molar-refractivity contribution in [1.82, 2.24) is 19.4 Å². The number of likely N-dealkylation sites (tertiary alicyclic amines) is 1. The van der Waals surface area contributed by atoms with Gasteiger partial charge in [-0.1, -0.05) is 24.3 Å². The lowest BCUT2D eigenvalue weighted by molar-refractivity contribution is -0.132. The Morgan fingerprint density at radius 2 is 1.72 bits per heavy atom. The molecular formula is C23H24N4O3S2. The van der Waals surface area contributed by atoms with Crippen LogP contribution in [0.5, 0.6) is 0 Å². The first-order valence-corrected chi connectivity index (χ1v) is 13.5. The Morgan fingerprint density at radius 1 is 1.03 bits per heavy atom. The summed E-state index contributed by atoms with van der Waals surface area (Å²) in [5, 5.41) is 1.15. The Kier molecular flexibility index (Phi) is 5.46. The fourth-order valence-corrected chi connectivity index (χ4v) is 6.15. The van der Waals surface area contributed by atoms with E-state index in [9.17, 15) is 13.2 Å². The number of benzene rings is 2. The molecule has 1 amide bonds. The highest BCUT2D eigenvalue weighted by Gasteiger charge is 2.27. The van der Waals surface area contributed by atoms with E-state index in [-0.39, 0.29) is 18.2 Å². The van der Waals surface area contributed by atoms with Crippen molar-refractivity contribution in [1.29, 1.82) is 0 Å². The molecule has 9 heteroatoms. The molecule has 3 heterocycles. The van der Waals surface area contributed by atoms with Crippen LogP contribution in [0, 0.1) is 0 Å². The number of para-hydroxylation sites is 3. The Morgan fingerprint density at radius 3 is 2.44 bits per heavy atom. The molecule has 166 valence electrons. The van der Waals surface area contributed by atoms with Crippen LogP contribution in [-0.2, 0) is 26.9 Å². The Hall–Kier alpha value is -2.78. The summed E-state index contributed by atoms with van der Waals surface area (Å²) in [4.78, 5) is 24.3. The van der Waals surface area contributed by atoms with Crippen LogP contribution in [0.3, 0.4) is 0 Å². The van der Waals surface area contributed by atoms with Gasteiger partial charge in [-0.25, -0.2) is 18.4 Å². The van der Waals surface area contributed by atoms with Crippen LogP contribution in [0.1, 0.15) is 29.6 Å². The maximum Gasteiger partial charge on any atom is 0.242 e. The van der Waals surface area contributed by atoms with E-state index in [4.69, 9.17) is 4.98 Å². The number of thiazole rings is 1. The fourth-order valence-electron chi connectivity index (χ4n) is 4.32. The molecule has 5 rings (SSSR count). The average molecular weight is 469 g/mol. The van der Waals surface area contributed by atoms with Gasteiger partial charge < -0.3 is 9.47 Å². The van der Waals surface area contributed by atoms with Gasteiger partial charge >= 0.3 is 0 Å².